The molecule has 0 N–H and O–H groups in total. The Morgan fingerprint density at radius 3 is 1.70 bits per heavy atom. The monoisotopic (exact) mass is 1070 g/mol. The molecule has 0 saturated carbocycles. The summed E-state index contributed by atoms with van der Waals surface area (Å²) in [7, 11) is 0. The Morgan fingerprint density at radius 1 is 0.616 bits per heavy atom. The molecule has 73 heavy (non-hydrogen) atoms. The minimum atomic E-state index is -1.86. The Bertz CT molecular complexity index is 2740. The van der Waals surface area contributed by atoms with Gasteiger partial charge in [-0.3, -0.25) is 38.1 Å². The van der Waals surface area contributed by atoms with Crippen molar-refractivity contribution in [2.75, 3.05) is 13.2 Å². The van der Waals surface area contributed by atoms with E-state index in [0.717, 1.165) is 70.9 Å². The summed E-state index contributed by atoms with van der Waals surface area (Å²) in [4.78, 5) is 104. The second-order valence-electron chi connectivity index (χ2n) is 16.3. The van der Waals surface area contributed by atoms with E-state index < -0.39 is 116 Å². The fourth-order valence-electron chi connectivity index (χ4n) is 7.62. The third-order valence-electron chi connectivity index (χ3n) is 10.3. The van der Waals surface area contributed by atoms with Crippen molar-refractivity contribution in [3.63, 3.8) is 0 Å². The van der Waals surface area contributed by atoms with Gasteiger partial charge in [-0.1, -0.05) is 83.8 Å². The van der Waals surface area contributed by atoms with Crippen molar-refractivity contribution in [1.29, 1.82) is 0 Å². The molecule has 392 valence electrons. The van der Waals surface area contributed by atoms with Gasteiger partial charge in [0.2, 0.25) is 4.80 Å². The number of hydrogen-bond acceptors (Lipinski definition) is 22. The van der Waals surface area contributed by atoms with Gasteiger partial charge < -0.3 is 47.4 Å². The molecule has 2 saturated heterocycles. The lowest BCUT2D eigenvalue weighted by atomic mass is 9.95. The first-order chi connectivity index (χ1) is 34.3. The molecule has 24 heteroatoms. The molecule has 3 aromatic carbocycles. The van der Waals surface area contributed by atoms with Crippen molar-refractivity contribution in [3.8, 4) is 5.69 Å². The molecule has 6 rings (SSSR count). The summed E-state index contributed by atoms with van der Waals surface area (Å²) in [5.41, 5.74) is 3.12. The first-order valence-corrected chi connectivity index (χ1v) is 24.3. The van der Waals surface area contributed by atoms with Crippen LogP contribution in [-0.2, 0) is 86.7 Å². The third-order valence-corrected chi connectivity index (χ3v) is 12.2. The van der Waals surface area contributed by atoms with Gasteiger partial charge in [-0.05, 0) is 42.3 Å². The number of esters is 7. The van der Waals surface area contributed by atoms with E-state index in [1.807, 2.05) is 79.7 Å². The van der Waals surface area contributed by atoms with Crippen LogP contribution in [0.25, 0.3) is 5.69 Å². The molecule has 0 spiro atoms. The number of nitrogens with zero attached hydrogens (tertiary/aromatic N) is 4. The second-order valence-corrected chi connectivity index (χ2v) is 18.1. The summed E-state index contributed by atoms with van der Waals surface area (Å²) in [5, 5.41) is 0.453. The second kappa shape index (κ2) is 27.0. The van der Waals surface area contributed by atoms with E-state index in [0.29, 0.717) is 22.3 Å². The molecule has 3 heterocycles. The lowest BCUT2D eigenvalue weighted by Gasteiger charge is -2.48. The highest BCUT2D eigenvalue weighted by molar-refractivity contribution is 7.98. The van der Waals surface area contributed by atoms with Crippen LogP contribution in [0.5, 0.6) is 0 Å². The van der Waals surface area contributed by atoms with Gasteiger partial charge in [-0.2, -0.15) is 4.98 Å². The SMILES string of the molecule is CC(=O)OC[C@H]1O[C@@H](O[C@H]2[C@H](OC(C)=O)[C@@H](OC(C)=O)[C@H](/N=c3\sc(=Nc4ccccc4)nc(SCc4ccccc4)n3-c3cccc(C)c3)O[C@@H]2COC(C)=O)[C@H](OC(C)=O)[C@@H](OC(C)=O)[C@H]1OC(C)=O.Cl. The van der Waals surface area contributed by atoms with Gasteiger partial charge in [0.25, 0.3) is 0 Å². The van der Waals surface area contributed by atoms with E-state index in [1.165, 1.54) is 11.8 Å². The summed E-state index contributed by atoms with van der Waals surface area (Å²) in [5.74, 6) is -5.52. The first-order valence-electron chi connectivity index (χ1n) is 22.5. The zero-order valence-corrected chi connectivity index (χ0v) is 43.4. The van der Waals surface area contributed by atoms with Gasteiger partial charge in [-0.25, -0.2) is 9.98 Å². The van der Waals surface area contributed by atoms with Crippen LogP contribution in [0.4, 0.5) is 5.69 Å². The number of rotatable bonds is 17. The average molecular weight is 1070 g/mol. The quantitative estimate of drug-likeness (QED) is 0.0788. The Labute approximate surface area is 433 Å². The standard InChI is InChI=1S/C49H54N4O17S2.ClH/c1-26-16-15-21-36(22-26)53-48(71-25-34-17-11-9-12-18-34)52-47(50-35-19-13-10-14-20-35)72-49(53)51-45-43(66-32(7)59)41(64-30(5)57)40(37(68-45)23-61-27(2)54)70-46-44(67-33(8)60)42(65-31(6)58)39(63-29(4)56)38(69-46)24-62-28(3)55;/h9-22,37-46H,23-25H2,1-8H3;1H/b50-47?,51-49-;/t37-,38-,39+,40-,41+,42+,43-,44-,45-,46+;/m1./s1. The van der Waals surface area contributed by atoms with Crippen LogP contribution < -0.4 is 9.60 Å². The predicted molar refractivity (Wildman–Crippen MR) is 260 cm³/mol. The zero-order chi connectivity index (χ0) is 52.1. The summed E-state index contributed by atoms with van der Waals surface area (Å²) < 4.78 is 60.6. The van der Waals surface area contributed by atoms with E-state index in [9.17, 15) is 33.6 Å². The fourth-order valence-corrected chi connectivity index (χ4v) is 9.58. The van der Waals surface area contributed by atoms with Gasteiger partial charge >= 0.3 is 41.8 Å². The molecule has 0 aliphatic carbocycles. The van der Waals surface area contributed by atoms with E-state index in [2.05, 4.69) is 0 Å². The van der Waals surface area contributed by atoms with Gasteiger partial charge in [0.1, 0.15) is 31.5 Å². The topological polar surface area (TPSA) is 254 Å². The molecule has 2 fully saturated rings. The maximum absolute atomic E-state index is 13.2. The molecule has 10 atom stereocenters. The Kier molecular flexibility index (Phi) is 21.2. The van der Waals surface area contributed by atoms with Crippen LogP contribution in [0.3, 0.4) is 0 Å². The van der Waals surface area contributed by atoms with E-state index >= 15 is 0 Å². The summed E-state index contributed by atoms with van der Waals surface area (Å²) >= 11 is 2.46. The van der Waals surface area contributed by atoms with Crippen LogP contribution in [0, 0.1) is 6.92 Å². The molecule has 2 aliphatic heterocycles. The van der Waals surface area contributed by atoms with Gasteiger partial charge in [0.15, 0.2) is 53.0 Å². The number of carbonyl (C=O) groups is 7. The zero-order valence-electron chi connectivity index (χ0n) is 40.9. The number of aryl methyl sites for hydroxylation is 1. The number of hydrogen-bond donors (Lipinski definition) is 0. The van der Waals surface area contributed by atoms with Crippen molar-refractivity contribution in [3.05, 3.63) is 106 Å². The molecular weight excluding hydrogens is 1020 g/mol. The highest BCUT2D eigenvalue weighted by atomic mass is 35.5. The van der Waals surface area contributed by atoms with Crippen LogP contribution in [0.1, 0.15) is 59.6 Å². The summed E-state index contributed by atoms with van der Waals surface area (Å²) in [6.07, 6.45) is -16.4. The molecule has 0 amide bonds. The van der Waals surface area contributed by atoms with Crippen molar-refractivity contribution in [2.45, 2.75) is 128 Å². The molecule has 0 unspecified atom stereocenters. The Hall–Kier alpha value is -6.50. The highest BCUT2D eigenvalue weighted by Gasteiger charge is 2.57. The molecule has 1 aromatic heterocycles. The van der Waals surface area contributed by atoms with Crippen molar-refractivity contribution >= 4 is 83.0 Å². The van der Waals surface area contributed by atoms with Crippen LogP contribution in [0.2, 0.25) is 0 Å². The average Bonchev–Trinajstić information content (AvgIpc) is 3.30. The van der Waals surface area contributed by atoms with Crippen molar-refractivity contribution < 1.29 is 80.9 Å². The maximum Gasteiger partial charge on any atom is 0.303 e. The Morgan fingerprint density at radius 2 is 1.14 bits per heavy atom. The lowest BCUT2D eigenvalue weighted by Crippen LogP contribution is -2.67. The number of para-hydroxylation sites is 1. The van der Waals surface area contributed by atoms with Crippen molar-refractivity contribution in [2.24, 2.45) is 9.98 Å². The number of aromatic nitrogens is 2. The van der Waals surface area contributed by atoms with E-state index in [4.69, 9.17) is 62.3 Å². The van der Waals surface area contributed by atoms with Crippen LogP contribution in [0.15, 0.2) is 100 Å². The molecular formula is C49H55ClN4O17S2. The molecule has 0 bridgehead atoms. The number of ether oxygens (including phenoxy) is 10. The summed E-state index contributed by atoms with van der Waals surface area (Å²) in [6.45, 7) is 8.32. The minimum absolute atomic E-state index is 0. The lowest BCUT2D eigenvalue weighted by molar-refractivity contribution is -0.344. The number of halogens is 1. The maximum atomic E-state index is 13.2. The van der Waals surface area contributed by atoms with E-state index in [-0.39, 0.29) is 22.0 Å². The van der Waals surface area contributed by atoms with Crippen molar-refractivity contribution in [1.82, 2.24) is 9.55 Å². The third kappa shape index (κ3) is 16.5. The minimum Gasteiger partial charge on any atom is -0.463 e. The first kappa shape index (κ1) is 57.4. The van der Waals surface area contributed by atoms with Gasteiger partial charge in [0, 0.05) is 54.2 Å². The van der Waals surface area contributed by atoms with E-state index in [1.54, 1.807) is 16.7 Å². The molecule has 4 aromatic rings. The highest BCUT2D eigenvalue weighted by Crippen LogP contribution is 2.36. The number of carbonyl (C=O) groups excluding carboxylic acids is 7. The summed E-state index contributed by atoms with van der Waals surface area (Å²) in [6, 6.07) is 26.4. The van der Waals surface area contributed by atoms with Crippen LogP contribution >= 0.6 is 35.5 Å². The number of thioether (sulfide) groups is 1. The van der Waals surface area contributed by atoms with Gasteiger partial charge in [0.05, 0.1) is 11.4 Å². The molecule has 0 radical (unpaired) electrons. The largest absolute Gasteiger partial charge is 0.463 e. The van der Waals surface area contributed by atoms with Crippen LogP contribution in [-0.4, -0.2) is 126 Å². The normalized spacial score (nSPS) is 23.9. The number of benzene rings is 3. The van der Waals surface area contributed by atoms with Gasteiger partial charge in [-0.15, -0.1) is 12.4 Å². The fraction of sp³-hybridized carbons (Fsp3) is 0.429. The molecule has 21 nitrogen and oxygen atoms in total. The smallest absolute Gasteiger partial charge is 0.303 e. The Balaban J connectivity index is 0.00000988. The molecule has 2 aliphatic rings. The predicted octanol–water partition coefficient (Wildman–Crippen LogP) is 4.71.